The lowest BCUT2D eigenvalue weighted by atomic mass is 9.89. The molecule has 0 saturated carbocycles. The molecule has 1 aromatic heterocycles. The Morgan fingerprint density at radius 2 is 2.14 bits per heavy atom. The van der Waals surface area contributed by atoms with Gasteiger partial charge in [-0.3, -0.25) is 9.59 Å². The molecule has 0 spiro atoms. The Balaban J connectivity index is 3.18. The molecule has 22 heavy (non-hydrogen) atoms. The van der Waals surface area contributed by atoms with Crippen molar-refractivity contribution in [3.63, 3.8) is 0 Å². The van der Waals surface area contributed by atoms with Gasteiger partial charge in [0.1, 0.15) is 5.76 Å². The van der Waals surface area contributed by atoms with Crippen LogP contribution in [0.1, 0.15) is 51.7 Å². The minimum Gasteiger partial charge on any atom is -0.452 e. The van der Waals surface area contributed by atoms with Crippen LogP contribution in [0.15, 0.2) is 16.5 Å². The Kier molecular flexibility index (Phi) is 6.69. The Morgan fingerprint density at radius 1 is 1.45 bits per heavy atom. The smallest absolute Gasteiger partial charge is 0.303 e. The van der Waals surface area contributed by atoms with Crippen LogP contribution < -0.4 is 5.32 Å². The summed E-state index contributed by atoms with van der Waals surface area (Å²) in [5, 5.41) is 3.38. The van der Waals surface area contributed by atoms with Crippen molar-refractivity contribution in [2.75, 3.05) is 5.33 Å². The third-order valence-electron chi connectivity index (χ3n) is 3.22. The molecule has 1 amide bonds. The summed E-state index contributed by atoms with van der Waals surface area (Å²) in [6.07, 6.45) is -0.161. The van der Waals surface area contributed by atoms with Crippen molar-refractivity contribution in [1.82, 2.24) is 5.32 Å². The van der Waals surface area contributed by atoms with Gasteiger partial charge in [0, 0.05) is 13.8 Å². The zero-order valence-electron chi connectivity index (χ0n) is 13.2. The molecule has 0 aliphatic rings. The molecule has 0 aliphatic carbocycles. The van der Waals surface area contributed by atoms with E-state index in [-0.39, 0.29) is 5.91 Å². The summed E-state index contributed by atoms with van der Waals surface area (Å²) >= 11 is 3.21. The quantitative estimate of drug-likeness (QED) is 0.492. The van der Waals surface area contributed by atoms with Crippen molar-refractivity contribution in [2.24, 2.45) is 0 Å². The number of carbonyl (C=O) groups is 2. The first-order chi connectivity index (χ1) is 10.3. The lowest BCUT2D eigenvalue weighted by Crippen LogP contribution is -2.50. The summed E-state index contributed by atoms with van der Waals surface area (Å²) in [7, 11) is 0. The fourth-order valence-corrected chi connectivity index (χ4v) is 2.23. The van der Waals surface area contributed by atoms with Crippen LogP contribution in [0.3, 0.4) is 0 Å². The van der Waals surface area contributed by atoms with E-state index in [9.17, 15) is 9.59 Å². The van der Waals surface area contributed by atoms with E-state index < -0.39 is 17.6 Å². The molecule has 6 heteroatoms. The van der Waals surface area contributed by atoms with Gasteiger partial charge in [-0.2, -0.15) is 0 Å². The van der Waals surface area contributed by atoms with Gasteiger partial charge in [0.2, 0.25) is 5.91 Å². The van der Waals surface area contributed by atoms with Crippen molar-refractivity contribution < 1.29 is 18.7 Å². The molecular formula is C16H20BrNO4. The van der Waals surface area contributed by atoms with E-state index in [0.29, 0.717) is 23.3 Å². The highest BCUT2D eigenvalue weighted by atomic mass is 79.9. The first kappa shape index (κ1) is 18.3. The molecule has 0 bridgehead atoms. The normalized spacial score (nSPS) is 14.2. The van der Waals surface area contributed by atoms with Gasteiger partial charge >= 0.3 is 5.97 Å². The van der Waals surface area contributed by atoms with Crippen molar-refractivity contribution >= 4 is 27.8 Å². The molecule has 5 nitrogen and oxygen atoms in total. The minimum atomic E-state index is -0.768. The molecule has 120 valence electrons. The molecule has 1 aromatic rings. The van der Waals surface area contributed by atoms with E-state index in [2.05, 4.69) is 33.1 Å². The van der Waals surface area contributed by atoms with Gasteiger partial charge in [-0.1, -0.05) is 28.8 Å². The monoisotopic (exact) mass is 369 g/mol. The number of furan rings is 1. The van der Waals surface area contributed by atoms with Gasteiger partial charge < -0.3 is 14.5 Å². The minimum absolute atomic E-state index is 0.202. The van der Waals surface area contributed by atoms with Crippen LogP contribution in [0, 0.1) is 11.8 Å². The second-order valence-electron chi connectivity index (χ2n) is 5.08. The number of alkyl halides is 1. The molecule has 2 atom stereocenters. The van der Waals surface area contributed by atoms with Crippen LogP contribution in [-0.2, 0) is 14.3 Å². The van der Waals surface area contributed by atoms with Crippen LogP contribution in [-0.4, -0.2) is 22.7 Å². The number of hydrogen-bond acceptors (Lipinski definition) is 4. The summed E-state index contributed by atoms with van der Waals surface area (Å²) in [4.78, 5) is 22.9. The highest BCUT2D eigenvalue weighted by Gasteiger charge is 2.39. The van der Waals surface area contributed by atoms with Crippen molar-refractivity contribution in [3.8, 4) is 11.8 Å². The van der Waals surface area contributed by atoms with Crippen LogP contribution >= 0.6 is 15.9 Å². The molecular weight excluding hydrogens is 350 g/mol. The van der Waals surface area contributed by atoms with E-state index >= 15 is 0 Å². The third-order valence-corrected chi connectivity index (χ3v) is 3.50. The molecule has 1 unspecified atom stereocenters. The Bertz CT molecular complexity index is 599. The van der Waals surface area contributed by atoms with Crippen molar-refractivity contribution in [3.05, 3.63) is 23.7 Å². The van der Waals surface area contributed by atoms with Gasteiger partial charge in [-0.25, -0.2) is 0 Å². The maximum absolute atomic E-state index is 11.5. The Labute approximate surface area is 138 Å². The zero-order chi connectivity index (χ0) is 16.8. The SMILES string of the molecule is CC[C@@](C)(NC(C)=O)C(OC(C)=O)c1ccc(C#CCBr)o1. The summed E-state index contributed by atoms with van der Waals surface area (Å²) in [5.74, 6) is 5.96. The number of halogens is 1. The zero-order valence-corrected chi connectivity index (χ0v) is 14.7. The highest BCUT2D eigenvalue weighted by molar-refractivity contribution is 9.09. The van der Waals surface area contributed by atoms with E-state index in [1.165, 1.54) is 13.8 Å². The van der Waals surface area contributed by atoms with Crippen LogP contribution in [0.5, 0.6) is 0 Å². The maximum atomic E-state index is 11.5. The summed E-state index contributed by atoms with van der Waals surface area (Å²) in [5.41, 5.74) is -0.768. The average molecular weight is 370 g/mol. The standard InChI is InChI=1S/C16H20BrNO4/c1-5-16(4,18-11(2)19)15(21-12(3)20)14-9-8-13(22-14)7-6-10-17/h8-9,15H,5,10H2,1-4H3,(H,18,19)/t15?,16-/m1/s1. The lowest BCUT2D eigenvalue weighted by molar-refractivity contribution is -0.154. The second-order valence-corrected chi connectivity index (χ2v) is 5.64. The molecule has 0 fully saturated rings. The fraction of sp³-hybridized carbons (Fsp3) is 0.500. The van der Waals surface area contributed by atoms with E-state index in [1.54, 1.807) is 12.1 Å². The largest absolute Gasteiger partial charge is 0.452 e. The summed E-state index contributed by atoms with van der Waals surface area (Å²) < 4.78 is 11.1. The molecule has 1 N–H and O–H groups in total. The lowest BCUT2D eigenvalue weighted by Gasteiger charge is -2.35. The van der Waals surface area contributed by atoms with E-state index in [4.69, 9.17) is 9.15 Å². The second kappa shape index (κ2) is 8.04. The molecule has 0 aliphatic heterocycles. The van der Waals surface area contributed by atoms with Crippen LogP contribution in [0.25, 0.3) is 0 Å². The van der Waals surface area contributed by atoms with E-state index in [0.717, 1.165) is 0 Å². The number of rotatable bonds is 5. The van der Waals surface area contributed by atoms with Gasteiger partial charge in [-0.05, 0) is 31.4 Å². The molecule has 1 heterocycles. The van der Waals surface area contributed by atoms with Gasteiger partial charge in [0.15, 0.2) is 11.9 Å². The average Bonchev–Trinajstić information content (AvgIpc) is 2.89. The molecule has 0 radical (unpaired) electrons. The number of ether oxygens (including phenoxy) is 1. The predicted molar refractivity (Wildman–Crippen MR) is 86.4 cm³/mol. The molecule has 0 saturated heterocycles. The summed E-state index contributed by atoms with van der Waals surface area (Å²) in [6.45, 7) is 6.47. The van der Waals surface area contributed by atoms with E-state index in [1.807, 2.05) is 13.8 Å². The number of esters is 1. The first-order valence-electron chi connectivity index (χ1n) is 6.93. The molecule has 0 aromatic carbocycles. The Hall–Kier alpha value is -1.74. The fourth-order valence-electron chi connectivity index (χ4n) is 2.09. The Morgan fingerprint density at radius 3 is 2.64 bits per heavy atom. The third kappa shape index (κ3) is 4.92. The number of carbonyl (C=O) groups excluding carboxylic acids is 2. The number of nitrogens with one attached hydrogen (secondary N) is 1. The highest BCUT2D eigenvalue weighted by Crippen LogP contribution is 2.33. The predicted octanol–water partition coefficient (Wildman–Crippen LogP) is 2.94. The van der Waals surface area contributed by atoms with Gasteiger partial charge in [-0.15, -0.1) is 0 Å². The number of amides is 1. The first-order valence-corrected chi connectivity index (χ1v) is 8.05. The maximum Gasteiger partial charge on any atom is 0.303 e. The van der Waals surface area contributed by atoms with Crippen molar-refractivity contribution in [1.29, 1.82) is 0 Å². The van der Waals surface area contributed by atoms with Crippen LogP contribution in [0.4, 0.5) is 0 Å². The molecule has 1 rings (SSSR count). The van der Waals surface area contributed by atoms with Gasteiger partial charge in [0.25, 0.3) is 0 Å². The van der Waals surface area contributed by atoms with Crippen molar-refractivity contribution in [2.45, 2.75) is 45.8 Å². The summed E-state index contributed by atoms with van der Waals surface area (Å²) in [6, 6.07) is 3.42. The van der Waals surface area contributed by atoms with Crippen LogP contribution in [0.2, 0.25) is 0 Å². The van der Waals surface area contributed by atoms with Gasteiger partial charge in [0.05, 0.1) is 10.9 Å². The topological polar surface area (TPSA) is 68.5 Å². The number of hydrogen-bond donors (Lipinski definition) is 1.